The zero-order valence-corrected chi connectivity index (χ0v) is 14.2. The summed E-state index contributed by atoms with van der Waals surface area (Å²) in [6.45, 7) is 3.35. The number of alkyl halides is 2. The fourth-order valence-electron chi connectivity index (χ4n) is 2.13. The van der Waals surface area contributed by atoms with Crippen LogP contribution >= 0.6 is 30.9 Å². The lowest BCUT2D eigenvalue weighted by Crippen LogP contribution is -2.45. The van der Waals surface area contributed by atoms with Gasteiger partial charge in [-0.2, -0.15) is 0 Å². The third-order valence-corrected chi connectivity index (χ3v) is 6.32. The van der Waals surface area contributed by atoms with Gasteiger partial charge in [0.1, 0.15) is 6.04 Å². The number of halogens is 2. The number of carbonyl (C=O) groups is 1. The molecule has 1 rings (SSSR count). The first-order valence-corrected chi connectivity index (χ1v) is 9.08. The Kier molecular flexibility index (Phi) is 7.80. The highest BCUT2D eigenvalue weighted by atomic mass is 35.5. The molecule has 0 saturated carbocycles. The van der Waals surface area contributed by atoms with Crippen LogP contribution in [0.2, 0.25) is 0 Å². The van der Waals surface area contributed by atoms with E-state index in [9.17, 15) is 9.36 Å². The lowest BCUT2D eigenvalue weighted by Gasteiger charge is -2.42. The molecule has 1 aliphatic heterocycles. The van der Waals surface area contributed by atoms with Crippen LogP contribution in [0.3, 0.4) is 0 Å². The smallest absolute Gasteiger partial charge is 0.346 e. The van der Waals surface area contributed by atoms with Gasteiger partial charge in [0.25, 0.3) is 0 Å². The minimum Gasteiger partial charge on any atom is -0.468 e. The molecule has 0 bridgehead atoms. The highest BCUT2D eigenvalue weighted by molar-refractivity contribution is 7.54. The fraction of sp³-hybridized carbons (Fsp3) is 0.909. The number of nitrogens with zero attached hydrogens (tertiary/aromatic N) is 2. The maximum absolute atomic E-state index is 13.2. The molecule has 0 radical (unpaired) electrons. The second kappa shape index (κ2) is 8.57. The SMILES string of the molecule is COC(=O)[C@@H](C)N(CCCl)[P@]1(=O)OCCCN1CCCl. The fourth-order valence-corrected chi connectivity index (χ4v) is 5.39. The minimum atomic E-state index is -3.29. The lowest BCUT2D eigenvalue weighted by molar-refractivity contribution is -0.144. The minimum absolute atomic E-state index is 0.239. The van der Waals surface area contributed by atoms with Gasteiger partial charge in [-0.15, -0.1) is 23.2 Å². The summed E-state index contributed by atoms with van der Waals surface area (Å²) in [6.07, 6.45) is 0.780. The van der Waals surface area contributed by atoms with Crippen molar-refractivity contribution in [1.29, 1.82) is 0 Å². The number of ether oxygens (including phenoxy) is 1. The first-order chi connectivity index (χ1) is 9.51. The molecule has 1 saturated heterocycles. The van der Waals surface area contributed by atoms with Crippen LogP contribution in [0.15, 0.2) is 0 Å². The molecule has 1 heterocycles. The molecule has 0 amide bonds. The van der Waals surface area contributed by atoms with E-state index in [-0.39, 0.29) is 12.4 Å². The van der Waals surface area contributed by atoms with E-state index in [1.165, 1.54) is 11.8 Å². The Bertz CT molecular complexity index is 370. The van der Waals surface area contributed by atoms with E-state index in [0.29, 0.717) is 25.6 Å². The summed E-state index contributed by atoms with van der Waals surface area (Å²) >= 11 is 11.5. The van der Waals surface area contributed by atoms with Crippen LogP contribution in [-0.2, 0) is 18.6 Å². The van der Waals surface area contributed by atoms with Crippen molar-refractivity contribution < 1.29 is 18.6 Å². The van der Waals surface area contributed by atoms with E-state index >= 15 is 0 Å². The number of methoxy groups -OCH3 is 1. The monoisotopic (exact) mass is 346 g/mol. The molecule has 1 fully saturated rings. The van der Waals surface area contributed by atoms with E-state index in [2.05, 4.69) is 0 Å². The zero-order chi connectivity index (χ0) is 15.2. The van der Waals surface area contributed by atoms with Crippen molar-refractivity contribution in [3.8, 4) is 0 Å². The molecular formula is C11H21Cl2N2O4P. The Morgan fingerprint density at radius 2 is 2.20 bits per heavy atom. The molecule has 0 N–H and O–H groups in total. The van der Waals surface area contributed by atoms with Crippen molar-refractivity contribution in [3.05, 3.63) is 0 Å². The molecule has 0 unspecified atom stereocenters. The highest BCUT2D eigenvalue weighted by Gasteiger charge is 2.44. The lowest BCUT2D eigenvalue weighted by atomic mass is 10.3. The molecule has 1 aliphatic rings. The van der Waals surface area contributed by atoms with Crippen molar-refractivity contribution in [2.45, 2.75) is 19.4 Å². The summed E-state index contributed by atoms with van der Waals surface area (Å²) in [5.41, 5.74) is 0. The van der Waals surface area contributed by atoms with Gasteiger partial charge in [0.15, 0.2) is 0 Å². The highest BCUT2D eigenvalue weighted by Crippen LogP contribution is 2.57. The van der Waals surface area contributed by atoms with Crippen molar-refractivity contribution in [1.82, 2.24) is 9.34 Å². The molecule has 0 aromatic carbocycles. The molecule has 0 aromatic heterocycles. The first-order valence-electron chi connectivity index (χ1n) is 6.48. The number of carbonyl (C=O) groups excluding carboxylic acids is 1. The van der Waals surface area contributed by atoms with E-state index in [1.54, 1.807) is 11.6 Å². The Hall–Kier alpha value is 0.160. The van der Waals surface area contributed by atoms with Crippen molar-refractivity contribution >= 4 is 36.8 Å². The molecule has 0 aliphatic carbocycles. The van der Waals surface area contributed by atoms with Gasteiger partial charge in [-0.3, -0.25) is 9.36 Å². The molecular weight excluding hydrogens is 326 g/mol. The average molecular weight is 347 g/mol. The third-order valence-electron chi connectivity index (χ3n) is 3.15. The second-order valence-electron chi connectivity index (χ2n) is 4.37. The predicted molar refractivity (Wildman–Crippen MR) is 79.4 cm³/mol. The van der Waals surface area contributed by atoms with Crippen LogP contribution in [0.1, 0.15) is 13.3 Å². The zero-order valence-electron chi connectivity index (χ0n) is 11.8. The van der Waals surface area contributed by atoms with Gasteiger partial charge < -0.3 is 9.26 Å². The van der Waals surface area contributed by atoms with Crippen LogP contribution in [0, 0.1) is 0 Å². The maximum Gasteiger partial charge on any atom is 0.346 e. The summed E-state index contributed by atoms with van der Waals surface area (Å²) in [5.74, 6) is 0.114. The van der Waals surface area contributed by atoms with E-state index in [4.69, 9.17) is 32.5 Å². The molecule has 2 atom stereocenters. The quantitative estimate of drug-likeness (QED) is 0.400. The summed E-state index contributed by atoms with van der Waals surface area (Å²) in [5, 5.41) is 0. The van der Waals surface area contributed by atoms with Crippen LogP contribution < -0.4 is 0 Å². The number of hydrogen-bond acceptors (Lipinski definition) is 4. The van der Waals surface area contributed by atoms with Crippen LogP contribution in [0.5, 0.6) is 0 Å². The summed E-state index contributed by atoms with van der Waals surface area (Å²) in [4.78, 5) is 11.7. The van der Waals surface area contributed by atoms with E-state index in [1.807, 2.05) is 0 Å². The van der Waals surface area contributed by atoms with Crippen LogP contribution in [-0.4, -0.2) is 66.5 Å². The Morgan fingerprint density at radius 3 is 2.75 bits per heavy atom. The Morgan fingerprint density at radius 1 is 1.50 bits per heavy atom. The van der Waals surface area contributed by atoms with E-state index in [0.717, 1.165) is 6.42 Å². The Balaban J connectivity index is 3.01. The molecule has 0 aromatic rings. The normalized spacial score (nSPS) is 25.6. The van der Waals surface area contributed by atoms with Crippen LogP contribution in [0.25, 0.3) is 0 Å². The van der Waals surface area contributed by atoms with Gasteiger partial charge in [0.05, 0.1) is 13.7 Å². The number of hydrogen-bond donors (Lipinski definition) is 0. The van der Waals surface area contributed by atoms with Crippen molar-refractivity contribution in [2.75, 3.05) is 45.1 Å². The maximum atomic E-state index is 13.2. The van der Waals surface area contributed by atoms with E-state index < -0.39 is 19.7 Å². The molecule has 20 heavy (non-hydrogen) atoms. The summed E-state index contributed by atoms with van der Waals surface area (Å²) in [7, 11) is -2.00. The van der Waals surface area contributed by atoms with Gasteiger partial charge in [-0.05, 0) is 13.3 Å². The largest absolute Gasteiger partial charge is 0.468 e. The average Bonchev–Trinajstić information content (AvgIpc) is 2.45. The van der Waals surface area contributed by atoms with Gasteiger partial charge in [0, 0.05) is 31.4 Å². The standard InChI is InChI=1S/C11H21Cl2N2O4P/c1-10(11(16)18-2)15(8-5-13)20(17)14(7-4-12)6-3-9-19-20/h10H,3-9H2,1-2H3/t10-,20-/m1/s1. The molecule has 118 valence electrons. The molecule has 0 spiro atoms. The Labute approximate surface area is 129 Å². The number of esters is 1. The second-order valence-corrected chi connectivity index (χ2v) is 7.45. The van der Waals surface area contributed by atoms with Gasteiger partial charge in [-0.25, -0.2) is 9.34 Å². The first kappa shape index (κ1) is 18.2. The number of rotatable bonds is 7. The van der Waals surface area contributed by atoms with Gasteiger partial charge in [0.2, 0.25) is 0 Å². The topological polar surface area (TPSA) is 59.1 Å². The summed E-state index contributed by atoms with van der Waals surface area (Å²) in [6, 6.07) is -0.694. The predicted octanol–water partition coefficient (Wildman–Crippen LogP) is 2.16. The van der Waals surface area contributed by atoms with Crippen molar-refractivity contribution in [2.24, 2.45) is 0 Å². The van der Waals surface area contributed by atoms with Gasteiger partial charge in [-0.1, -0.05) is 0 Å². The summed E-state index contributed by atoms with van der Waals surface area (Å²) < 4.78 is 26.7. The van der Waals surface area contributed by atoms with Crippen LogP contribution in [0.4, 0.5) is 0 Å². The van der Waals surface area contributed by atoms with Crippen molar-refractivity contribution in [3.63, 3.8) is 0 Å². The molecule has 9 heteroatoms. The molecule has 6 nitrogen and oxygen atoms in total. The van der Waals surface area contributed by atoms with Gasteiger partial charge >= 0.3 is 13.6 Å². The third kappa shape index (κ3) is 4.09.